The summed E-state index contributed by atoms with van der Waals surface area (Å²) in [6, 6.07) is 3.00. The number of rotatable bonds is 22. The van der Waals surface area contributed by atoms with Gasteiger partial charge in [0.25, 0.3) is 0 Å². The van der Waals surface area contributed by atoms with Gasteiger partial charge in [-0.05, 0) is 57.1 Å². The first-order valence-electron chi connectivity index (χ1n) is 18.7. The number of halogens is 1. The summed E-state index contributed by atoms with van der Waals surface area (Å²) in [6.45, 7) is 4.38. The highest BCUT2D eigenvalue weighted by Crippen LogP contribution is 2.38. The third kappa shape index (κ3) is 11.5. The molecule has 260 valence electrons. The Labute approximate surface area is 281 Å². The SMILES string of the molecule is CCCCCCCC/C=C\CCCCCCCCCCCC(=O)N1CCN(c2cc3c(cc2F)c(=O)c(C(=O)O)cn3C2CC2)CC1. The summed E-state index contributed by atoms with van der Waals surface area (Å²) >= 11 is 0. The molecule has 1 aromatic heterocycles. The second-order valence-corrected chi connectivity index (χ2v) is 13.8. The van der Waals surface area contributed by atoms with E-state index in [2.05, 4.69) is 19.1 Å². The molecule has 2 heterocycles. The highest BCUT2D eigenvalue weighted by atomic mass is 19.1. The van der Waals surface area contributed by atoms with Crippen LogP contribution in [0.2, 0.25) is 0 Å². The van der Waals surface area contributed by atoms with Gasteiger partial charge in [0.05, 0.1) is 11.2 Å². The highest BCUT2D eigenvalue weighted by molar-refractivity contribution is 5.93. The number of aromatic carboxylic acids is 1. The van der Waals surface area contributed by atoms with E-state index < -0.39 is 17.2 Å². The van der Waals surface area contributed by atoms with Crippen LogP contribution in [0.25, 0.3) is 10.9 Å². The highest BCUT2D eigenvalue weighted by Gasteiger charge is 2.29. The molecule has 0 atom stereocenters. The molecule has 1 aliphatic heterocycles. The zero-order valence-electron chi connectivity index (χ0n) is 28.8. The minimum Gasteiger partial charge on any atom is -0.477 e. The molecule has 4 rings (SSSR count). The Morgan fingerprint density at radius 2 is 1.36 bits per heavy atom. The molecule has 47 heavy (non-hydrogen) atoms. The summed E-state index contributed by atoms with van der Waals surface area (Å²) in [5.74, 6) is -1.66. The van der Waals surface area contributed by atoms with E-state index in [9.17, 15) is 19.5 Å². The fourth-order valence-corrected chi connectivity index (χ4v) is 6.82. The van der Waals surface area contributed by atoms with Crippen molar-refractivity contribution in [2.75, 3.05) is 31.1 Å². The van der Waals surface area contributed by atoms with Crippen molar-refractivity contribution in [3.8, 4) is 0 Å². The van der Waals surface area contributed by atoms with Gasteiger partial charge in [-0.15, -0.1) is 0 Å². The summed E-state index contributed by atoms with van der Waals surface area (Å²) in [6.07, 6.45) is 30.2. The number of carboxylic acid groups (broad SMARTS) is 1. The van der Waals surface area contributed by atoms with Gasteiger partial charge in [0.1, 0.15) is 11.4 Å². The summed E-state index contributed by atoms with van der Waals surface area (Å²) < 4.78 is 17.1. The van der Waals surface area contributed by atoms with E-state index in [4.69, 9.17) is 0 Å². The van der Waals surface area contributed by atoms with Gasteiger partial charge in [0, 0.05) is 50.2 Å². The Kier molecular flexibility index (Phi) is 15.3. The fourth-order valence-electron chi connectivity index (χ4n) is 6.82. The van der Waals surface area contributed by atoms with Crippen molar-refractivity contribution in [1.82, 2.24) is 9.47 Å². The van der Waals surface area contributed by atoms with Gasteiger partial charge in [-0.3, -0.25) is 9.59 Å². The van der Waals surface area contributed by atoms with Crippen LogP contribution in [0.1, 0.15) is 152 Å². The molecule has 7 nitrogen and oxygen atoms in total. The number of aromatic nitrogens is 1. The lowest BCUT2D eigenvalue weighted by atomic mass is 10.0. The fraction of sp³-hybridized carbons (Fsp3) is 0.667. The molecule has 1 N–H and O–H groups in total. The number of piperazine rings is 1. The molecule has 2 fully saturated rings. The van der Waals surface area contributed by atoms with Gasteiger partial charge in [-0.1, -0.05) is 96.1 Å². The maximum atomic E-state index is 15.3. The maximum Gasteiger partial charge on any atom is 0.341 e. The number of benzene rings is 1. The first-order valence-corrected chi connectivity index (χ1v) is 18.7. The Morgan fingerprint density at radius 3 is 1.91 bits per heavy atom. The third-order valence-corrected chi connectivity index (χ3v) is 9.90. The van der Waals surface area contributed by atoms with E-state index in [0.717, 1.165) is 25.7 Å². The Morgan fingerprint density at radius 1 is 0.809 bits per heavy atom. The van der Waals surface area contributed by atoms with Crippen LogP contribution in [0.15, 0.2) is 35.3 Å². The predicted molar refractivity (Wildman–Crippen MR) is 190 cm³/mol. The summed E-state index contributed by atoms with van der Waals surface area (Å²) in [5.41, 5.74) is -0.0130. The van der Waals surface area contributed by atoms with Crippen molar-refractivity contribution in [2.45, 2.75) is 141 Å². The number of hydrogen-bond donors (Lipinski definition) is 1. The summed E-state index contributed by atoms with van der Waals surface area (Å²) in [7, 11) is 0. The van der Waals surface area contributed by atoms with Crippen LogP contribution in [0.5, 0.6) is 0 Å². The van der Waals surface area contributed by atoms with Gasteiger partial charge in [0.2, 0.25) is 11.3 Å². The lowest BCUT2D eigenvalue weighted by Crippen LogP contribution is -2.49. The number of nitrogens with zero attached hydrogens (tertiary/aromatic N) is 3. The minimum absolute atomic E-state index is 0.101. The van der Waals surface area contributed by atoms with E-state index in [1.165, 1.54) is 109 Å². The van der Waals surface area contributed by atoms with E-state index >= 15 is 4.39 Å². The Balaban J connectivity index is 1.06. The van der Waals surface area contributed by atoms with Gasteiger partial charge in [0.15, 0.2) is 0 Å². The van der Waals surface area contributed by atoms with Crippen molar-refractivity contribution in [3.05, 3.63) is 52.1 Å². The first kappa shape index (κ1) is 36.7. The number of fused-ring (bicyclic) bond motifs is 1. The predicted octanol–water partition coefficient (Wildman–Crippen LogP) is 9.42. The number of pyridine rings is 1. The second-order valence-electron chi connectivity index (χ2n) is 13.8. The molecule has 1 aromatic carbocycles. The topological polar surface area (TPSA) is 82.8 Å². The molecule has 8 heteroatoms. The molecular weight excluding hydrogens is 593 g/mol. The Hall–Kier alpha value is -3.16. The van der Waals surface area contributed by atoms with Crippen LogP contribution in [-0.4, -0.2) is 52.6 Å². The van der Waals surface area contributed by atoms with E-state index in [0.29, 0.717) is 43.8 Å². The van der Waals surface area contributed by atoms with Gasteiger partial charge in [-0.2, -0.15) is 0 Å². The monoisotopic (exact) mass is 651 g/mol. The minimum atomic E-state index is -1.30. The standard InChI is InChI=1S/C39H58FN3O4/c1-2-3-4-5-6-7-8-9-10-11-12-13-14-15-16-17-18-19-20-21-37(44)42-26-24-41(25-27-42)36-29-35-32(28-34(36)40)38(45)33(39(46)47)30-43(35)31-22-23-31/h9-10,28-31H,2-8,11-27H2,1H3,(H,46,47)/b10-9-. The van der Waals surface area contributed by atoms with Crippen molar-refractivity contribution >= 4 is 28.5 Å². The summed E-state index contributed by atoms with van der Waals surface area (Å²) in [5, 5.41) is 9.58. The molecule has 2 aromatic rings. The molecule has 1 saturated carbocycles. The molecule has 2 aliphatic rings. The van der Waals surface area contributed by atoms with E-state index in [1.54, 1.807) is 6.07 Å². The van der Waals surface area contributed by atoms with Crippen molar-refractivity contribution in [1.29, 1.82) is 0 Å². The second kappa shape index (κ2) is 19.6. The van der Waals surface area contributed by atoms with Crippen LogP contribution in [-0.2, 0) is 4.79 Å². The molecule has 0 spiro atoms. The number of carbonyl (C=O) groups is 2. The quantitative estimate of drug-likeness (QED) is 0.101. The number of allylic oxidation sites excluding steroid dienone is 2. The average molecular weight is 652 g/mol. The average Bonchev–Trinajstić information content (AvgIpc) is 3.91. The van der Waals surface area contributed by atoms with E-state index in [-0.39, 0.29) is 22.9 Å². The van der Waals surface area contributed by atoms with Gasteiger partial charge in [-0.25, -0.2) is 9.18 Å². The van der Waals surface area contributed by atoms with Crippen LogP contribution < -0.4 is 10.3 Å². The lowest BCUT2D eigenvalue weighted by Gasteiger charge is -2.36. The molecule has 0 radical (unpaired) electrons. The zero-order valence-corrected chi connectivity index (χ0v) is 28.8. The maximum absolute atomic E-state index is 15.3. The van der Waals surface area contributed by atoms with Crippen LogP contribution >= 0.6 is 0 Å². The molecule has 0 unspecified atom stereocenters. The molecule has 0 bridgehead atoms. The smallest absolute Gasteiger partial charge is 0.341 e. The van der Waals surface area contributed by atoms with Crippen LogP contribution in [0.3, 0.4) is 0 Å². The van der Waals surface area contributed by atoms with Crippen LogP contribution in [0, 0.1) is 5.82 Å². The molecular formula is C39H58FN3O4. The van der Waals surface area contributed by atoms with Crippen molar-refractivity contribution in [3.63, 3.8) is 0 Å². The number of carboxylic acids is 1. The van der Waals surface area contributed by atoms with Crippen molar-refractivity contribution in [2.24, 2.45) is 0 Å². The number of anilines is 1. The van der Waals surface area contributed by atoms with Crippen LogP contribution in [0.4, 0.5) is 10.1 Å². The van der Waals surface area contributed by atoms with Crippen molar-refractivity contribution < 1.29 is 19.1 Å². The number of hydrogen-bond acceptors (Lipinski definition) is 4. The number of amides is 1. The van der Waals surface area contributed by atoms with Gasteiger partial charge < -0.3 is 19.5 Å². The summed E-state index contributed by atoms with van der Waals surface area (Å²) in [4.78, 5) is 41.1. The normalized spacial score (nSPS) is 15.3. The van der Waals surface area contributed by atoms with E-state index in [1.807, 2.05) is 14.4 Å². The zero-order chi connectivity index (χ0) is 33.4. The largest absolute Gasteiger partial charge is 0.477 e. The lowest BCUT2D eigenvalue weighted by molar-refractivity contribution is -0.131. The molecule has 1 amide bonds. The molecule has 1 aliphatic carbocycles. The Bertz CT molecular complexity index is 1370. The van der Waals surface area contributed by atoms with Gasteiger partial charge >= 0.3 is 5.97 Å². The molecule has 1 saturated heterocycles. The number of unbranched alkanes of at least 4 members (excludes halogenated alkanes) is 15. The number of carbonyl (C=O) groups excluding carboxylic acids is 1. The third-order valence-electron chi connectivity index (χ3n) is 9.90. The first-order chi connectivity index (χ1) is 22.9.